The van der Waals surface area contributed by atoms with Gasteiger partial charge in [0.1, 0.15) is 0 Å². The Morgan fingerprint density at radius 1 is 1.38 bits per heavy atom. The molecule has 3 rings (SSSR count). The average Bonchev–Trinajstić information content (AvgIpc) is 2.64. The van der Waals surface area contributed by atoms with Crippen LogP contribution in [0.5, 0.6) is 0 Å². The van der Waals surface area contributed by atoms with E-state index in [1.165, 1.54) is 22.4 Å². The summed E-state index contributed by atoms with van der Waals surface area (Å²) < 4.78 is 0. The van der Waals surface area contributed by atoms with Crippen molar-refractivity contribution in [1.29, 1.82) is 0 Å². The summed E-state index contributed by atoms with van der Waals surface area (Å²) in [6.45, 7) is 5.61. The Bertz CT molecular complexity index is 467. The maximum atomic E-state index is 12.0. The number of hydrogen-bond donors (Lipinski definition) is 1. The molecule has 2 heterocycles. The summed E-state index contributed by atoms with van der Waals surface area (Å²) in [6.07, 6.45) is 0.995. The minimum atomic E-state index is 0.212. The van der Waals surface area contributed by atoms with Crippen LogP contribution in [0.4, 0.5) is 5.69 Å². The van der Waals surface area contributed by atoms with Crippen LogP contribution in [0.1, 0.15) is 16.7 Å². The Labute approximate surface area is 95.4 Å². The van der Waals surface area contributed by atoms with Gasteiger partial charge >= 0.3 is 0 Å². The van der Waals surface area contributed by atoms with E-state index in [0.717, 1.165) is 13.0 Å². The molecule has 1 aromatic rings. The molecule has 0 aromatic heterocycles. The van der Waals surface area contributed by atoms with E-state index in [0.29, 0.717) is 12.6 Å². The van der Waals surface area contributed by atoms with E-state index < -0.39 is 0 Å². The summed E-state index contributed by atoms with van der Waals surface area (Å²) in [5, 5.41) is 3.18. The molecule has 3 heteroatoms. The lowest BCUT2D eigenvalue weighted by Gasteiger charge is -2.31. The van der Waals surface area contributed by atoms with Crippen LogP contribution in [-0.4, -0.2) is 25.0 Å². The lowest BCUT2D eigenvalue weighted by Crippen LogP contribution is -2.53. The topological polar surface area (TPSA) is 32.3 Å². The fourth-order valence-electron chi connectivity index (χ4n) is 2.81. The molecule has 1 N–H and O–H groups in total. The zero-order chi connectivity index (χ0) is 11.3. The minimum absolute atomic E-state index is 0.212. The van der Waals surface area contributed by atoms with Gasteiger partial charge in [0.15, 0.2) is 0 Å². The zero-order valence-electron chi connectivity index (χ0n) is 9.71. The van der Waals surface area contributed by atoms with Crippen molar-refractivity contribution in [3.05, 3.63) is 28.8 Å². The number of hydrogen-bond acceptors (Lipinski definition) is 2. The third-order valence-corrected chi connectivity index (χ3v) is 3.77. The van der Waals surface area contributed by atoms with E-state index in [1.807, 2.05) is 4.90 Å². The van der Waals surface area contributed by atoms with E-state index in [2.05, 4.69) is 31.3 Å². The van der Waals surface area contributed by atoms with Gasteiger partial charge in [-0.2, -0.15) is 0 Å². The summed E-state index contributed by atoms with van der Waals surface area (Å²) in [5.41, 5.74) is 5.03. The van der Waals surface area contributed by atoms with E-state index in [-0.39, 0.29) is 5.91 Å². The fourth-order valence-corrected chi connectivity index (χ4v) is 2.81. The maximum Gasteiger partial charge on any atom is 0.241 e. The summed E-state index contributed by atoms with van der Waals surface area (Å²) in [7, 11) is 0. The SMILES string of the molecule is Cc1ccc2c(c1C)N1C(=O)CNCC1C2. The van der Waals surface area contributed by atoms with Gasteiger partial charge in [-0.1, -0.05) is 12.1 Å². The van der Waals surface area contributed by atoms with Gasteiger partial charge in [0, 0.05) is 6.54 Å². The molecule has 0 aliphatic carbocycles. The molecular formula is C13H16N2O. The number of carbonyl (C=O) groups is 1. The third-order valence-electron chi connectivity index (χ3n) is 3.77. The van der Waals surface area contributed by atoms with Crippen molar-refractivity contribution in [2.24, 2.45) is 0 Å². The van der Waals surface area contributed by atoms with Gasteiger partial charge in [0.2, 0.25) is 5.91 Å². The molecule has 3 nitrogen and oxygen atoms in total. The lowest BCUT2D eigenvalue weighted by atomic mass is 10.0. The van der Waals surface area contributed by atoms with E-state index in [4.69, 9.17) is 0 Å². The predicted molar refractivity (Wildman–Crippen MR) is 63.8 cm³/mol. The molecule has 0 bridgehead atoms. The number of anilines is 1. The molecule has 16 heavy (non-hydrogen) atoms. The number of benzene rings is 1. The molecule has 2 aliphatic heterocycles. The van der Waals surface area contributed by atoms with Gasteiger partial charge in [-0.05, 0) is 37.0 Å². The van der Waals surface area contributed by atoms with Crippen LogP contribution in [-0.2, 0) is 11.2 Å². The lowest BCUT2D eigenvalue weighted by molar-refractivity contribution is -0.119. The summed E-state index contributed by atoms with van der Waals surface area (Å²) >= 11 is 0. The molecule has 0 radical (unpaired) electrons. The zero-order valence-corrected chi connectivity index (χ0v) is 9.71. The molecule has 1 amide bonds. The van der Waals surface area contributed by atoms with Gasteiger partial charge in [-0.25, -0.2) is 0 Å². The second-order valence-electron chi connectivity index (χ2n) is 4.77. The number of fused-ring (bicyclic) bond motifs is 3. The molecule has 1 atom stereocenters. The van der Waals surface area contributed by atoms with Gasteiger partial charge in [0.25, 0.3) is 0 Å². The molecule has 1 fully saturated rings. The van der Waals surface area contributed by atoms with E-state index in [1.54, 1.807) is 0 Å². The smallest absolute Gasteiger partial charge is 0.241 e. The molecule has 1 saturated heterocycles. The van der Waals surface area contributed by atoms with Crippen LogP contribution < -0.4 is 10.2 Å². The van der Waals surface area contributed by atoms with E-state index >= 15 is 0 Å². The standard InChI is InChI=1S/C13H16N2O/c1-8-3-4-10-5-11-6-14-7-12(16)15(11)13(10)9(8)2/h3-4,11,14H,5-7H2,1-2H3. The highest BCUT2D eigenvalue weighted by Gasteiger charge is 2.37. The number of aryl methyl sites for hydroxylation is 1. The first kappa shape index (κ1) is 9.85. The highest BCUT2D eigenvalue weighted by molar-refractivity contribution is 5.99. The number of carbonyl (C=O) groups excluding carboxylic acids is 1. The Morgan fingerprint density at radius 2 is 2.19 bits per heavy atom. The van der Waals surface area contributed by atoms with Gasteiger partial charge in [-0.3, -0.25) is 4.79 Å². The van der Waals surface area contributed by atoms with E-state index in [9.17, 15) is 4.79 Å². The average molecular weight is 216 g/mol. The van der Waals surface area contributed by atoms with Crippen molar-refractivity contribution in [3.63, 3.8) is 0 Å². The monoisotopic (exact) mass is 216 g/mol. The van der Waals surface area contributed by atoms with Crippen LogP contribution in [0, 0.1) is 13.8 Å². The van der Waals surface area contributed by atoms with Gasteiger partial charge < -0.3 is 10.2 Å². The number of amides is 1. The van der Waals surface area contributed by atoms with Crippen molar-refractivity contribution in [2.75, 3.05) is 18.0 Å². The first-order chi connectivity index (χ1) is 7.68. The van der Waals surface area contributed by atoms with Crippen LogP contribution >= 0.6 is 0 Å². The third kappa shape index (κ3) is 1.21. The number of nitrogens with one attached hydrogen (secondary N) is 1. The largest absolute Gasteiger partial charge is 0.306 e. The van der Waals surface area contributed by atoms with Crippen LogP contribution in [0.3, 0.4) is 0 Å². The predicted octanol–water partition coefficient (Wildman–Crippen LogP) is 1.16. The van der Waals surface area contributed by atoms with Gasteiger partial charge in [-0.15, -0.1) is 0 Å². The highest BCUT2D eigenvalue weighted by atomic mass is 16.2. The van der Waals surface area contributed by atoms with Crippen LogP contribution in [0.15, 0.2) is 12.1 Å². The molecule has 1 aromatic carbocycles. The Hall–Kier alpha value is -1.35. The van der Waals surface area contributed by atoms with Crippen molar-refractivity contribution in [2.45, 2.75) is 26.3 Å². The Kier molecular flexibility index (Phi) is 2.04. The van der Waals surface area contributed by atoms with Crippen molar-refractivity contribution in [1.82, 2.24) is 5.32 Å². The summed E-state index contributed by atoms with van der Waals surface area (Å²) in [5.74, 6) is 0.212. The fraction of sp³-hybridized carbons (Fsp3) is 0.462. The first-order valence-electron chi connectivity index (χ1n) is 5.80. The summed E-state index contributed by atoms with van der Waals surface area (Å²) in [4.78, 5) is 14.0. The molecule has 0 saturated carbocycles. The first-order valence-corrected chi connectivity index (χ1v) is 5.80. The number of rotatable bonds is 0. The van der Waals surface area contributed by atoms with Crippen molar-refractivity contribution in [3.8, 4) is 0 Å². The second-order valence-corrected chi connectivity index (χ2v) is 4.77. The van der Waals surface area contributed by atoms with Crippen LogP contribution in [0.25, 0.3) is 0 Å². The van der Waals surface area contributed by atoms with Gasteiger partial charge in [0.05, 0.1) is 18.3 Å². The minimum Gasteiger partial charge on any atom is -0.306 e. The summed E-state index contributed by atoms with van der Waals surface area (Å²) in [6, 6.07) is 4.66. The Balaban J connectivity index is 2.15. The molecule has 0 spiro atoms. The number of nitrogens with zero attached hydrogens (tertiary/aromatic N) is 1. The molecule has 84 valence electrons. The maximum absolute atomic E-state index is 12.0. The normalized spacial score (nSPS) is 23.2. The highest BCUT2D eigenvalue weighted by Crippen LogP contribution is 2.37. The van der Waals surface area contributed by atoms with Crippen molar-refractivity contribution < 1.29 is 4.79 Å². The molecule has 2 aliphatic rings. The van der Waals surface area contributed by atoms with Crippen molar-refractivity contribution >= 4 is 11.6 Å². The molecular weight excluding hydrogens is 200 g/mol. The number of piperazine rings is 1. The molecule has 1 unspecified atom stereocenters. The second kappa shape index (κ2) is 3.32. The Morgan fingerprint density at radius 3 is 3.00 bits per heavy atom. The van der Waals surface area contributed by atoms with Crippen LogP contribution in [0.2, 0.25) is 0 Å². The quantitative estimate of drug-likeness (QED) is 0.706.